The van der Waals surface area contributed by atoms with Crippen LogP contribution in [0.3, 0.4) is 0 Å². The molecule has 0 spiro atoms. The summed E-state index contributed by atoms with van der Waals surface area (Å²) < 4.78 is 0. The maximum Gasteiger partial charge on any atom is 0.0967 e. The van der Waals surface area contributed by atoms with Crippen LogP contribution in [0.5, 0.6) is 0 Å². The maximum atomic E-state index is 5.94. The number of hydrogen-bond acceptors (Lipinski definition) is 4. The summed E-state index contributed by atoms with van der Waals surface area (Å²) in [6, 6.07) is 0.312. The largest absolute Gasteiger partial charge is 0.326 e. The molecule has 78 valence electrons. The molecule has 0 bridgehead atoms. The molecule has 1 aliphatic rings. The molecular formula is C9H17N5. The Hall–Kier alpha value is -0.940. The van der Waals surface area contributed by atoms with Crippen LogP contribution in [0.1, 0.15) is 12.6 Å². The van der Waals surface area contributed by atoms with Gasteiger partial charge in [-0.1, -0.05) is 6.92 Å². The third kappa shape index (κ3) is 1.93. The summed E-state index contributed by atoms with van der Waals surface area (Å²) in [5.74, 6) is 0.590. The molecule has 1 aromatic heterocycles. The molecule has 5 heteroatoms. The molecule has 0 aromatic carbocycles. The van der Waals surface area contributed by atoms with Crippen molar-refractivity contribution >= 4 is 0 Å². The number of nitrogens with zero attached hydrogens (tertiary/aromatic N) is 4. The smallest absolute Gasteiger partial charge is 0.0967 e. The standard InChI is InChI=1S/C9H17N5/c1-7-4-14(6-9(7)10)5-8-3-11-13(2)12-8/h3,7,9H,4-6,10H2,1-2H3. The van der Waals surface area contributed by atoms with E-state index in [0.717, 1.165) is 25.3 Å². The highest BCUT2D eigenvalue weighted by molar-refractivity contribution is 4.94. The normalized spacial score (nSPS) is 28.5. The minimum absolute atomic E-state index is 0.312. The van der Waals surface area contributed by atoms with Crippen molar-refractivity contribution in [3.63, 3.8) is 0 Å². The average Bonchev–Trinajstić information content (AvgIpc) is 2.62. The van der Waals surface area contributed by atoms with Gasteiger partial charge in [-0.2, -0.15) is 15.0 Å². The monoisotopic (exact) mass is 195 g/mol. The van der Waals surface area contributed by atoms with Crippen molar-refractivity contribution in [2.75, 3.05) is 13.1 Å². The van der Waals surface area contributed by atoms with Crippen molar-refractivity contribution in [2.45, 2.75) is 19.5 Å². The molecule has 0 saturated carbocycles. The van der Waals surface area contributed by atoms with E-state index in [1.807, 2.05) is 13.2 Å². The molecule has 0 amide bonds. The van der Waals surface area contributed by atoms with Crippen LogP contribution in [0.4, 0.5) is 0 Å². The Labute approximate surface area is 83.9 Å². The van der Waals surface area contributed by atoms with Crippen molar-refractivity contribution in [3.05, 3.63) is 11.9 Å². The predicted octanol–water partition coefficient (Wildman–Crippen LogP) is -0.406. The van der Waals surface area contributed by atoms with E-state index in [1.54, 1.807) is 4.80 Å². The first-order valence-electron chi connectivity index (χ1n) is 4.98. The van der Waals surface area contributed by atoms with Gasteiger partial charge in [-0.25, -0.2) is 0 Å². The quantitative estimate of drug-likeness (QED) is 0.697. The van der Waals surface area contributed by atoms with E-state index in [9.17, 15) is 0 Å². The molecule has 5 nitrogen and oxygen atoms in total. The fraction of sp³-hybridized carbons (Fsp3) is 0.778. The van der Waals surface area contributed by atoms with Crippen LogP contribution in [0.25, 0.3) is 0 Å². The Balaban J connectivity index is 1.93. The van der Waals surface area contributed by atoms with E-state index in [2.05, 4.69) is 22.0 Å². The molecule has 2 rings (SSSR count). The molecule has 2 atom stereocenters. The summed E-state index contributed by atoms with van der Waals surface area (Å²) in [7, 11) is 1.84. The minimum atomic E-state index is 0.312. The number of aryl methyl sites for hydroxylation is 1. The topological polar surface area (TPSA) is 60.0 Å². The van der Waals surface area contributed by atoms with E-state index in [4.69, 9.17) is 5.73 Å². The maximum absolute atomic E-state index is 5.94. The molecule has 1 saturated heterocycles. The van der Waals surface area contributed by atoms with Crippen LogP contribution in [-0.4, -0.2) is 39.0 Å². The Morgan fingerprint density at radius 1 is 1.57 bits per heavy atom. The van der Waals surface area contributed by atoms with Gasteiger partial charge in [0.25, 0.3) is 0 Å². The van der Waals surface area contributed by atoms with Gasteiger partial charge in [0, 0.05) is 32.7 Å². The van der Waals surface area contributed by atoms with Gasteiger partial charge >= 0.3 is 0 Å². The zero-order valence-electron chi connectivity index (χ0n) is 8.72. The number of likely N-dealkylation sites (tertiary alicyclic amines) is 1. The van der Waals surface area contributed by atoms with Gasteiger partial charge in [-0.3, -0.25) is 4.90 Å². The SMILES string of the molecule is CC1CN(Cc2cnn(C)n2)CC1N. The van der Waals surface area contributed by atoms with Crippen LogP contribution in [0.15, 0.2) is 6.20 Å². The molecule has 2 N–H and O–H groups in total. The summed E-state index contributed by atoms with van der Waals surface area (Å²) in [5.41, 5.74) is 6.97. The number of nitrogens with two attached hydrogens (primary N) is 1. The molecular weight excluding hydrogens is 178 g/mol. The number of hydrogen-bond donors (Lipinski definition) is 1. The number of aromatic nitrogens is 3. The van der Waals surface area contributed by atoms with E-state index in [0.29, 0.717) is 12.0 Å². The lowest BCUT2D eigenvalue weighted by Gasteiger charge is -2.12. The van der Waals surface area contributed by atoms with Crippen molar-refractivity contribution in [3.8, 4) is 0 Å². The summed E-state index contributed by atoms with van der Waals surface area (Å²) in [6.45, 7) is 5.10. The van der Waals surface area contributed by atoms with Crippen LogP contribution >= 0.6 is 0 Å². The lowest BCUT2D eigenvalue weighted by molar-refractivity contribution is 0.314. The van der Waals surface area contributed by atoms with Crippen LogP contribution in [0, 0.1) is 5.92 Å². The second-order valence-corrected chi connectivity index (χ2v) is 4.16. The molecule has 1 aliphatic heterocycles. The highest BCUT2D eigenvalue weighted by Gasteiger charge is 2.26. The van der Waals surface area contributed by atoms with Crippen molar-refractivity contribution in [1.29, 1.82) is 0 Å². The van der Waals surface area contributed by atoms with Crippen molar-refractivity contribution < 1.29 is 0 Å². The van der Waals surface area contributed by atoms with Gasteiger partial charge in [0.2, 0.25) is 0 Å². The highest BCUT2D eigenvalue weighted by Crippen LogP contribution is 2.15. The second kappa shape index (κ2) is 3.67. The van der Waals surface area contributed by atoms with Gasteiger partial charge in [-0.05, 0) is 5.92 Å². The fourth-order valence-corrected chi connectivity index (χ4v) is 1.91. The third-order valence-corrected chi connectivity index (χ3v) is 2.78. The Kier molecular flexibility index (Phi) is 2.52. The molecule has 0 radical (unpaired) electrons. The predicted molar refractivity (Wildman–Crippen MR) is 53.4 cm³/mol. The summed E-state index contributed by atoms with van der Waals surface area (Å²) in [5, 5.41) is 8.29. The first kappa shape index (κ1) is 9.61. The van der Waals surface area contributed by atoms with Crippen LogP contribution in [0.2, 0.25) is 0 Å². The molecule has 2 unspecified atom stereocenters. The Morgan fingerprint density at radius 3 is 2.86 bits per heavy atom. The second-order valence-electron chi connectivity index (χ2n) is 4.16. The van der Waals surface area contributed by atoms with Gasteiger partial charge in [0.05, 0.1) is 11.9 Å². The van der Waals surface area contributed by atoms with Gasteiger partial charge < -0.3 is 5.73 Å². The first-order valence-corrected chi connectivity index (χ1v) is 4.98. The zero-order valence-corrected chi connectivity index (χ0v) is 8.72. The average molecular weight is 195 g/mol. The molecule has 1 fully saturated rings. The lowest BCUT2D eigenvalue weighted by atomic mass is 10.1. The molecule has 1 aromatic rings. The van der Waals surface area contributed by atoms with E-state index >= 15 is 0 Å². The van der Waals surface area contributed by atoms with Gasteiger partial charge in [0.15, 0.2) is 0 Å². The Morgan fingerprint density at radius 2 is 2.36 bits per heavy atom. The van der Waals surface area contributed by atoms with Crippen LogP contribution < -0.4 is 5.73 Å². The van der Waals surface area contributed by atoms with E-state index in [-0.39, 0.29) is 0 Å². The molecule has 0 aliphatic carbocycles. The van der Waals surface area contributed by atoms with E-state index in [1.165, 1.54) is 0 Å². The third-order valence-electron chi connectivity index (χ3n) is 2.78. The molecule has 2 heterocycles. The Bertz CT molecular complexity index is 298. The first-order chi connectivity index (χ1) is 6.65. The molecule has 14 heavy (non-hydrogen) atoms. The van der Waals surface area contributed by atoms with Crippen molar-refractivity contribution in [2.24, 2.45) is 18.7 Å². The highest BCUT2D eigenvalue weighted by atomic mass is 15.5. The minimum Gasteiger partial charge on any atom is -0.326 e. The van der Waals surface area contributed by atoms with E-state index < -0.39 is 0 Å². The summed E-state index contributed by atoms with van der Waals surface area (Å²) >= 11 is 0. The van der Waals surface area contributed by atoms with Crippen LogP contribution in [-0.2, 0) is 13.6 Å². The zero-order chi connectivity index (χ0) is 10.1. The number of rotatable bonds is 2. The fourth-order valence-electron chi connectivity index (χ4n) is 1.91. The van der Waals surface area contributed by atoms with Crippen molar-refractivity contribution in [1.82, 2.24) is 19.9 Å². The van der Waals surface area contributed by atoms with Gasteiger partial charge in [0.1, 0.15) is 0 Å². The van der Waals surface area contributed by atoms with Gasteiger partial charge in [-0.15, -0.1) is 0 Å². The summed E-state index contributed by atoms with van der Waals surface area (Å²) in [4.78, 5) is 3.92. The summed E-state index contributed by atoms with van der Waals surface area (Å²) in [6.07, 6.45) is 1.81. The lowest BCUT2D eigenvalue weighted by Crippen LogP contribution is -2.28.